The Morgan fingerprint density at radius 1 is 1.31 bits per heavy atom. The molecule has 0 bridgehead atoms. The van der Waals surface area contributed by atoms with Gasteiger partial charge in [0.1, 0.15) is 0 Å². The lowest BCUT2D eigenvalue weighted by Gasteiger charge is -2.13. The minimum atomic E-state index is 0.553. The molecule has 0 amide bonds. The summed E-state index contributed by atoms with van der Waals surface area (Å²) in [5.74, 6) is 1.38. The van der Waals surface area contributed by atoms with E-state index in [1.807, 2.05) is 12.1 Å². The van der Waals surface area contributed by atoms with E-state index in [2.05, 4.69) is 12.1 Å². The van der Waals surface area contributed by atoms with Crippen molar-refractivity contribution in [1.29, 1.82) is 0 Å². The first-order valence-electron chi connectivity index (χ1n) is 4.77. The smallest absolute Gasteiger partial charge is 0.0406 e. The Morgan fingerprint density at radius 2 is 1.92 bits per heavy atom. The molecule has 1 aromatic carbocycles. The first-order valence-corrected chi connectivity index (χ1v) is 5.14. The maximum atomic E-state index is 5.82. The van der Waals surface area contributed by atoms with Gasteiger partial charge in [-0.2, -0.15) is 0 Å². The van der Waals surface area contributed by atoms with Gasteiger partial charge in [-0.05, 0) is 48.9 Å². The molecule has 2 rings (SSSR count). The van der Waals surface area contributed by atoms with Gasteiger partial charge in [-0.1, -0.05) is 23.7 Å². The maximum absolute atomic E-state index is 5.82. The zero-order chi connectivity index (χ0) is 9.26. The largest absolute Gasteiger partial charge is 0.330 e. The van der Waals surface area contributed by atoms with Gasteiger partial charge in [-0.25, -0.2) is 0 Å². The van der Waals surface area contributed by atoms with E-state index < -0.39 is 0 Å². The minimum absolute atomic E-state index is 0.553. The number of benzene rings is 1. The van der Waals surface area contributed by atoms with Crippen molar-refractivity contribution in [2.24, 2.45) is 11.7 Å². The van der Waals surface area contributed by atoms with Gasteiger partial charge in [0, 0.05) is 5.02 Å². The molecule has 1 aliphatic rings. The summed E-state index contributed by atoms with van der Waals surface area (Å²) < 4.78 is 0. The van der Waals surface area contributed by atoms with Crippen LogP contribution in [0.5, 0.6) is 0 Å². The molecule has 0 heterocycles. The highest BCUT2D eigenvalue weighted by Gasteiger charge is 2.30. The average molecular weight is 196 g/mol. The molecule has 1 fully saturated rings. The van der Waals surface area contributed by atoms with Crippen molar-refractivity contribution in [3.8, 4) is 0 Å². The van der Waals surface area contributed by atoms with Crippen molar-refractivity contribution in [3.63, 3.8) is 0 Å². The summed E-state index contributed by atoms with van der Waals surface area (Å²) >= 11 is 5.82. The molecule has 0 aromatic heterocycles. The van der Waals surface area contributed by atoms with Crippen molar-refractivity contribution in [1.82, 2.24) is 0 Å². The van der Waals surface area contributed by atoms with Crippen LogP contribution in [0.4, 0.5) is 0 Å². The standard InChI is InChI=1S/C11H14ClN/c12-10-5-3-9(4-6-10)11(7-13)8-1-2-8/h3-6,8,11H,1-2,7,13H2. The summed E-state index contributed by atoms with van der Waals surface area (Å²) in [6.45, 7) is 0.756. The van der Waals surface area contributed by atoms with Crippen LogP contribution in [0.1, 0.15) is 24.3 Å². The Balaban J connectivity index is 2.17. The zero-order valence-corrected chi connectivity index (χ0v) is 8.30. The van der Waals surface area contributed by atoms with Crippen LogP contribution < -0.4 is 5.73 Å². The highest BCUT2D eigenvalue weighted by molar-refractivity contribution is 6.30. The number of hydrogen-bond acceptors (Lipinski definition) is 1. The Labute approximate surface area is 83.9 Å². The van der Waals surface area contributed by atoms with Gasteiger partial charge in [0.2, 0.25) is 0 Å². The van der Waals surface area contributed by atoms with E-state index in [0.717, 1.165) is 17.5 Å². The molecule has 2 N–H and O–H groups in total. The van der Waals surface area contributed by atoms with Crippen LogP contribution >= 0.6 is 11.6 Å². The number of hydrogen-bond donors (Lipinski definition) is 1. The zero-order valence-electron chi connectivity index (χ0n) is 7.54. The highest BCUT2D eigenvalue weighted by atomic mass is 35.5. The number of nitrogens with two attached hydrogens (primary N) is 1. The first-order chi connectivity index (χ1) is 6.31. The van der Waals surface area contributed by atoms with E-state index in [-0.39, 0.29) is 0 Å². The fourth-order valence-corrected chi connectivity index (χ4v) is 1.94. The predicted molar refractivity (Wildman–Crippen MR) is 56.0 cm³/mol. The molecule has 1 nitrogen and oxygen atoms in total. The number of rotatable bonds is 3. The molecule has 1 unspecified atom stereocenters. The van der Waals surface area contributed by atoms with Crippen LogP contribution in [0.3, 0.4) is 0 Å². The Hall–Kier alpha value is -0.530. The number of halogens is 1. The molecular formula is C11H14ClN. The van der Waals surface area contributed by atoms with Crippen molar-refractivity contribution >= 4 is 11.6 Å². The summed E-state index contributed by atoms with van der Waals surface area (Å²) in [6, 6.07) is 8.08. The maximum Gasteiger partial charge on any atom is 0.0406 e. The Bertz CT molecular complexity index is 277. The van der Waals surface area contributed by atoms with Crippen LogP contribution in [-0.4, -0.2) is 6.54 Å². The van der Waals surface area contributed by atoms with E-state index in [0.29, 0.717) is 5.92 Å². The average Bonchev–Trinajstić information content (AvgIpc) is 2.93. The quantitative estimate of drug-likeness (QED) is 0.789. The van der Waals surface area contributed by atoms with E-state index in [4.69, 9.17) is 17.3 Å². The van der Waals surface area contributed by atoms with Gasteiger partial charge < -0.3 is 5.73 Å². The van der Waals surface area contributed by atoms with Gasteiger partial charge in [0.25, 0.3) is 0 Å². The Kier molecular flexibility index (Phi) is 2.56. The summed E-state index contributed by atoms with van der Waals surface area (Å²) in [4.78, 5) is 0. The fourth-order valence-electron chi connectivity index (χ4n) is 1.81. The van der Waals surface area contributed by atoms with E-state index >= 15 is 0 Å². The minimum Gasteiger partial charge on any atom is -0.330 e. The monoisotopic (exact) mass is 195 g/mol. The van der Waals surface area contributed by atoms with Crippen molar-refractivity contribution in [2.45, 2.75) is 18.8 Å². The molecule has 1 saturated carbocycles. The molecule has 2 heteroatoms. The third-order valence-corrected chi connectivity index (χ3v) is 3.00. The second-order valence-corrected chi connectivity index (χ2v) is 4.17. The van der Waals surface area contributed by atoms with Crippen LogP contribution in [0.15, 0.2) is 24.3 Å². The van der Waals surface area contributed by atoms with E-state index in [9.17, 15) is 0 Å². The molecule has 1 aliphatic carbocycles. The SMILES string of the molecule is NCC(c1ccc(Cl)cc1)C1CC1. The molecule has 0 spiro atoms. The third-order valence-electron chi connectivity index (χ3n) is 2.74. The van der Waals surface area contributed by atoms with Crippen LogP contribution in [0, 0.1) is 5.92 Å². The van der Waals surface area contributed by atoms with Crippen LogP contribution in [0.25, 0.3) is 0 Å². The second-order valence-electron chi connectivity index (χ2n) is 3.73. The first kappa shape index (κ1) is 9.04. The predicted octanol–water partition coefficient (Wildman–Crippen LogP) is 2.79. The topological polar surface area (TPSA) is 26.0 Å². The van der Waals surface area contributed by atoms with Gasteiger partial charge in [0.05, 0.1) is 0 Å². The van der Waals surface area contributed by atoms with Crippen LogP contribution in [0.2, 0.25) is 5.02 Å². The second kappa shape index (κ2) is 3.69. The van der Waals surface area contributed by atoms with Crippen molar-refractivity contribution in [3.05, 3.63) is 34.9 Å². The molecule has 0 saturated heterocycles. The summed E-state index contributed by atoms with van der Waals surface area (Å²) in [5, 5.41) is 0.801. The van der Waals surface area contributed by atoms with E-state index in [1.165, 1.54) is 18.4 Å². The van der Waals surface area contributed by atoms with Crippen molar-refractivity contribution < 1.29 is 0 Å². The molecule has 1 aromatic rings. The molecule has 70 valence electrons. The van der Waals surface area contributed by atoms with Gasteiger partial charge in [-0.3, -0.25) is 0 Å². The normalized spacial score (nSPS) is 18.6. The molecule has 13 heavy (non-hydrogen) atoms. The lowest BCUT2D eigenvalue weighted by Crippen LogP contribution is -2.14. The lowest BCUT2D eigenvalue weighted by molar-refractivity contribution is 0.616. The molecule has 0 aliphatic heterocycles. The summed E-state index contributed by atoms with van der Waals surface area (Å²) in [6.07, 6.45) is 2.68. The van der Waals surface area contributed by atoms with Gasteiger partial charge >= 0.3 is 0 Å². The van der Waals surface area contributed by atoms with Gasteiger partial charge in [0.15, 0.2) is 0 Å². The molecule has 0 radical (unpaired) electrons. The highest BCUT2D eigenvalue weighted by Crippen LogP contribution is 2.42. The third kappa shape index (κ3) is 2.04. The van der Waals surface area contributed by atoms with Gasteiger partial charge in [-0.15, -0.1) is 0 Å². The lowest BCUT2D eigenvalue weighted by atomic mass is 9.94. The van der Waals surface area contributed by atoms with E-state index in [1.54, 1.807) is 0 Å². The molecular weight excluding hydrogens is 182 g/mol. The molecule has 1 atom stereocenters. The fraction of sp³-hybridized carbons (Fsp3) is 0.455. The van der Waals surface area contributed by atoms with Crippen LogP contribution in [-0.2, 0) is 0 Å². The summed E-state index contributed by atoms with van der Waals surface area (Å²) in [5.41, 5.74) is 7.09. The van der Waals surface area contributed by atoms with Crippen molar-refractivity contribution in [2.75, 3.05) is 6.54 Å². The summed E-state index contributed by atoms with van der Waals surface area (Å²) in [7, 11) is 0. The Morgan fingerprint density at radius 3 is 2.38 bits per heavy atom.